The smallest absolute Gasteiger partial charge is 0.222 e. The maximum absolute atomic E-state index is 11.7. The van der Waals surface area contributed by atoms with Crippen molar-refractivity contribution in [1.29, 1.82) is 0 Å². The van der Waals surface area contributed by atoms with E-state index in [0.717, 1.165) is 64.8 Å². The van der Waals surface area contributed by atoms with Gasteiger partial charge in [-0.2, -0.15) is 0 Å². The van der Waals surface area contributed by atoms with Gasteiger partial charge < -0.3 is 14.9 Å². The molecule has 0 bridgehead atoms. The van der Waals surface area contributed by atoms with Crippen LogP contribution in [-0.4, -0.2) is 60.1 Å². The quantitative estimate of drug-likeness (QED) is 0.762. The third-order valence-corrected chi connectivity index (χ3v) is 4.88. The largest absolute Gasteiger partial charge is 0.396 e. The molecule has 0 aromatic heterocycles. The van der Waals surface area contributed by atoms with E-state index in [1.165, 1.54) is 5.57 Å². The van der Waals surface area contributed by atoms with Gasteiger partial charge in [-0.15, -0.1) is 0 Å². The average molecular weight is 294 g/mol. The molecule has 2 heterocycles. The number of likely N-dealkylation sites (tertiary alicyclic amines) is 2. The maximum Gasteiger partial charge on any atom is 0.222 e. The standard InChI is InChI=1S/C17H30N2O2/c1-15(2)6-8-17(14-20)7-4-9-18(13-17)11-12-19-10-3-5-16(19)21/h6,20H,3-5,7-14H2,1-2H3/t17-/m0/s1. The van der Waals surface area contributed by atoms with Crippen LogP contribution >= 0.6 is 0 Å². The summed E-state index contributed by atoms with van der Waals surface area (Å²) in [5.74, 6) is 0.310. The van der Waals surface area contributed by atoms with E-state index in [4.69, 9.17) is 0 Å². The first-order valence-corrected chi connectivity index (χ1v) is 8.29. The van der Waals surface area contributed by atoms with Crippen molar-refractivity contribution in [3.8, 4) is 0 Å². The molecule has 21 heavy (non-hydrogen) atoms. The second kappa shape index (κ2) is 7.41. The summed E-state index contributed by atoms with van der Waals surface area (Å²) in [4.78, 5) is 16.1. The SMILES string of the molecule is CC(C)=CC[C@@]1(CO)CCCN(CCN2CCCC2=O)C1. The number of carbonyl (C=O) groups excluding carboxylic acids is 1. The lowest BCUT2D eigenvalue weighted by Gasteiger charge is -2.42. The number of hydrogen-bond acceptors (Lipinski definition) is 3. The fraction of sp³-hybridized carbons (Fsp3) is 0.824. The van der Waals surface area contributed by atoms with E-state index >= 15 is 0 Å². The Morgan fingerprint density at radius 1 is 1.29 bits per heavy atom. The summed E-state index contributed by atoms with van der Waals surface area (Å²) in [6.45, 7) is 9.26. The molecular formula is C17H30N2O2. The molecule has 0 unspecified atom stereocenters. The first kappa shape index (κ1) is 16.5. The monoisotopic (exact) mass is 294 g/mol. The Kier molecular flexibility index (Phi) is 5.82. The molecule has 1 N–H and O–H groups in total. The van der Waals surface area contributed by atoms with Gasteiger partial charge in [0.25, 0.3) is 0 Å². The molecule has 2 aliphatic rings. The molecular weight excluding hydrogens is 264 g/mol. The molecule has 0 radical (unpaired) electrons. The second-order valence-electron chi connectivity index (χ2n) is 7.01. The zero-order valence-corrected chi connectivity index (χ0v) is 13.6. The minimum Gasteiger partial charge on any atom is -0.396 e. The number of aliphatic hydroxyl groups is 1. The van der Waals surface area contributed by atoms with Gasteiger partial charge in [0.15, 0.2) is 0 Å². The van der Waals surface area contributed by atoms with Gasteiger partial charge in [0, 0.05) is 38.0 Å². The van der Waals surface area contributed by atoms with Crippen molar-refractivity contribution in [2.24, 2.45) is 5.41 Å². The minimum atomic E-state index is 0.0184. The van der Waals surface area contributed by atoms with Crippen LogP contribution in [0.3, 0.4) is 0 Å². The number of piperidine rings is 1. The highest BCUT2D eigenvalue weighted by Crippen LogP contribution is 2.33. The first-order chi connectivity index (χ1) is 10.0. The summed E-state index contributed by atoms with van der Waals surface area (Å²) < 4.78 is 0. The lowest BCUT2D eigenvalue weighted by molar-refractivity contribution is -0.128. The molecule has 2 saturated heterocycles. The summed E-state index contributed by atoms with van der Waals surface area (Å²) in [6, 6.07) is 0. The second-order valence-corrected chi connectivity index (χ2v) is 7.01. The van der Waals surface area contributed by atoms with Gasteiger partial charge in [0.2, 0.25) is 5.91 Å². The fourth-order valence-corrected chi connectivity index (χ4v) is 3.48. The van der Waals surface area contributed by atoms with Crippen molar-refractivity contribution in [3.05, 3.63) is 11.6 Å². The molecule has 0 spiro atoms. The van der Waals surface area contributed by atoms with Gasteiger partial charge in [-0.1, -0.05) is 11.6 Å². The molecule has 4 heteroatoms. The molecule has 0 aliphatic carbocycles. The fourth-order valence-electron chi connectivity index (χ4n) is 3.48. The van der Waals surface area contributed by atoms with Crippen LogP contribution in [0.2, 0.25) is 0 Å². The van der Waals surface area contributed by atoms with Gasteiger partial charge in [-0.3, -0.25) is 4.79 Å². The summed E-state index contributed by atoms with van der Waals surface area (Å²) in [5, 5.41) is 9.87. The third-order valence-electron chi connectivity index (χ3n) is 4.88. The van der Waals surface area contributed by atoms with Crippen molar-refractivity contribution >= 4 is 5.91 Å². The van der Waals surface area contributed by atoms with Crippen molar-refractivity contribution < 1.29 is 9.90 Å². The lowest BCUT2D eigenvalue weighted by Crippen LogP contribution is -2.47. The molecule has 4 nitrogen and oxygen atoms in total. The van der Waals surface area contributed by atoms with Crippen LogP contribution < -0.4 is 0 Å². The molecule has 0 aromatic carbocycles. The van der Waals surface area contributed by atoms with Crippen LogP contribution in [0, 0.1) is 5.41 Å². The highest BCUT2D eigenvalue weighted by atomic mass is 16.3. The number of aliphatic hydroxyl groups excluding tert-OH is 1. The predicted octanol–water partition coefficient (Wildman–Crippen LogP) is 2.04. The van der Waals surface area contributed by atoms with Crippen LogP contribution in [-0.2, 0) is 4.79 Å². The van der Waals surface area contributed by atoms with E-state index < -0.39 is 0 Å². The zero-order chi connectivity index (χ0) is 15.3. The Balaban J connectivity index is 1.86. The van der Waals surface area contributed by atoms with E-state index in [2.05, 4.69) is 24.8 Å². The van der Waals surface area contributed by atoms with Gasteiger partial charge in [0.1, 0.15) is 0 Å². The molecule has 2 rings (SSSR count). The highest BCUT2D eigenvalue weighted by Gasteiger charge is 2.34. The normalized spacial score (nSPS) is 27.2. The summed E-state index contributed by atoms with van der Waals surface area (Å²) in [7, 11) is 0. The Morgan fingerprint density at radius 2 is 2.10 bits per heavy atom. The topological polar surface area (TPSA) is 43.8 Å². The number of nitrogens with zero attached hydrogens (tertiary/aromatic N) is 2. The van der Waals surface area contributed by atoms with Crippen LogP contribution in [0.25, 0.3) is 0 Å². The van der Waals surface area contributed by atoms with Crippen LogP contribution in [0.5, 0.6) is 0 Å². The molecule has 1 atom stereocenters. The summed E-state index contributed by atoms with van der Waals surface area (Å²) in [6.07, 6.45) is 7.20. The predicted molar refractivity (Wildman–Crippen MR) is 85.1 cm³/mol. The minimum absolute atomic E-state index is 0.0184. The molecule has 120 valence electrons. The van der Waals surface area contributed by atoms with Crippen LogP contribution in [0.4, 0.5) is 0 Å². The average Bonchev–Trinajstić information content (AvgIpc) is 2.89. The summed E-state index contributed by atoms with van der Waals surface area (Å²) in [5.41, 5.74) is 1.34. The highest BCUT2D eigenvalue weighted by molar-refractivity contribution is 5.78. The van der Waals surface area contributed by atoms with E-state index in [1.54, 1.807) is 0 Å². The van der Waals surface area contributed by atoms with Gasteiger partial charge in [0.05, 0.1) is 6.61 Å². The molecule has 1 amide bonds. The van der Waals surface area contributed by atoms with Gasteiger partial charge >= 0.3 is 0 Å². The lowest BCUT2D eigenvalue weighted by atomic mass is 9.77. The molecule has 0 saturated carbocycles. The van der Waals surface area contributed by atoms with Crippen molar-refractivity contribution in [3.63, 3.8) is 0 Å². The van der Waals surface area contributed by atoms with E-state index in [-0.39, 0.29) is 12.0 Å². The van der Waals surface area contributed by atoms with Gasteiger partial charge in [-0.25, -0.2) is 0 Å². The number of allylic oxidation sites excluding steroid dienone is 2. The number of amides is 1. The molecule has 2 fully saturated rings. The van der Waals surface area contributed by atoms with Crippen LogP contribution in [0.1, 0.15) is 46.0 Å². The van der Waals surface area contributed by atoms with Crippen molar-refractivity contribution in [2.45, 2.75) is 46.0 Å². The molecule has 0 aromatic rings. The Bertz CT molecular complexity index is 390. The van der Waals surface area contributed by atoms with E-state index in [0.29, 0.717) is 5.91 Å². The Hall–Kier alpha value is -0.870. The summed E-state index contributed by atoms with van der Waals surface area (Å²) >= 11 is 0. The van der Waals surface area contributed by atoms with E-state index in [9.17, 15) is 9.90 Å². The Labute approximate surface area is 128 Å². The molecule has 2 aliphatic heterocycles. The van der Waals surface area contributed by atoms with Crippen molar-refractivity contribution in [2.75, 3.05) is 39.3 Å². The first-order valence-electron chi connectivity index (χ1n) is 8.29. The van der Waals surface area contributed by atoms with Crippen LogP contribution in [0.15, 0.2) is 11.6 Å². The van der Waals surface area contributed by atoms with Gasteiger partial charge in [-0.05, 0) is 46.1 Å². The number of rotatable bonds is 6. The maximum atomic E-state index is 11.7. The van der Waals surface area contributed by atoms with E-state index in [1.807, 2.05) is 4.90 Å². The third kappa shape index (κ3) is 4.55. The number of carbonyl (C=O) groups is 1. The zero-order valence-electron chi connectivity index (χ0n) is 13.6. The Morgan fingerprint density at radius 3 is 2.71 bits per heavy atom. The number of hydrogen-bond donors (Lipinski definition) is 1. The van der Waals surface area contributed by atoms with Crippen molar-refractivity contribution in [1.82, 2.24) is 9.80 Å².